The van der Waals surface area contributed by atoms with E-state index < -0.39 is 54.1 Å². The molecule has 0 N–H and O–H groups in total. The van der Waals surface area contributed by atoms with Crippen molar-refractivity contribution in [2.75, 3.05) is 6.61 Å². The minimum Gasteiger partial charge on any atom is -0.356 e. The van der Waals surface area contributed by atoms with Gasteiger partial charge in [0.15, 0.2) is 0 Å². The number of alkyl halides is 12. The van der Waals surface area contributed by atoms with Crippen molar-refractivity contribution in [3.05, 3.63) is 35.4 Å². The van der Waals surface area contributed by atoms with Gasteiger partial charge in [0.1, 0.15) is 6.61 Å². The van der Waals surface area contributed by atoms with Crippen LogP contribution in [0.5, 0.6) is 0 Å². The monoisotopic (exact) mass is 416 g/mol. The third-order valence-corrected chi connectivity index (χ3v) is 2.77. The van der Waals surface area contributed by atoms with Crippen molar-refractivity contribution in [2.45, 2.75) is 30.3 Å². The van der Waals surface area contributed by atoms with Gasteiger partial charge >= 0.3 is 54.3 Å². The van der Waals surface area contributed by atoms with Crippen LogP contribution in [0.2, 0.25) is 0 Å². The molecule has 0 saturated heterocycles. The van der Waals surface area contributed by atoms with Gasteiger partial charge in [0.05, 0.1) is 0 Å². The van der Waals surface area contributed by atoms with E-state index in [-0.39, 0.29) is 41.7 Å². The van der Waals surface area contributed by atoms with Gasteiger partial charge in [0.25, 0.3) is 0 Å². The maximum atomic E-state index is 13.1. The maximum Gasteiger partial charge on any atom is 1.00 e. The minimum atomic E-state index is -6.55. The zero-order valence-corrected chi connectivity index (χ0v) is 14.4. The average Bonchev–Trinajstić information content (AvgIpc) is 2.33. The van der Waals surface area contributed by atoms with E-state index in [2.05, 4.69) is 4.74 Å². The van der Waals surface area contributed by atoms with Gasteiger partial charge in [-0.2, -0.15) is 77.0 Å². The van der Waals surface area contributed by atoms with Gasteiger partial charge in [-0.1, -0.05) is 5.56 Å². The second-order valence-corrected chi connectivity index (χ2v) is 4.59. The molecule has 0 spiro atoms. The molecule has 0 atom stereocenters. The zero-order valence-electron chi connectivity index (χ0n) is 12.4. The summed E-state index contributed by atoms with van der Waals surface area (Å²) in [6.45, 7) is -3.00. The van der Waals surface area contributed by atoms with Crippen LogP contribution in [0.1, 0.15) is 11.1 Å². The summed E-state index contributed by atoms with van der Waals surface area (Å²) in [5.41, 5.74) is -9.82. The van der Waals surface area contributed by atoms with Crippen LogP contribution in [0.25, 0.3) is 0 Å². The Morgan fingerprint density at radius 2 is 1.15 bits per heavy atom. The van der Waals surface area contributed by atoms with Crippen molar-refractivity contribution >= 4 is 0 Å². The summed E-state index contributed by atoms with van der Waals surface area (Å²) in [5, 5.41) is 0. The number of hydrogen-bond donors (Lipinski definition) is 0. The van der Waals surface area contributed by atoms with E-state index in [1.807, 2.05) is 0 Å². The molecule has 14 heteroatoms. The normalized spacial score (nSPS) is 14.2. The van der Waals surface area contributed by atoms with Crippen LogP contribution >= 0.6 is 0 Å². The Morgan fingerprint density at radius 1 is 0.731 bits per heavy atom. The molecule has 0 unspecified atom stereocenters. The predicted molar refractivity (Wildman–Crippen MR) is 56.1 cm³/mol. The van der Waals surface area contributed by atoms with Gasteiger partial charge in [-0.3, -0.25) is 0 Å². The van der Waals surface area contributed by atoms with Gasteiger partial charge in [-0.25, -0.2) is 0 Å². The van der Waals surface area contributed by atoms with Crippen molar-refractivity contribution in [3.63, 3.8) is 0 Å². The molecular weight excluding hydrogens is 411 g/mol. The molecule has 0 radical (unpaired) electrons. The van der Waals surface area contributed by atoms with Crippen LogP contribution in [-0.4, -0.2) is 25.1 Å². The van der Waals surface area contributed by atoms with E-state index >= 15 is 0 Å². The summed E-state index contributed by atoms with van der Waals surface area (Å²) in [5.74, 6) is 0. The van der Waals surface area contributed by atoms with Crippen LogP contribution < -0.4 is 29.6 Å². The van der Waals surface area contributed by atoms with Gasteiger partial charge in [-0.05, 0) is 0 Å². The van der Waals surface area contributed by atoms with Gasteiger partial charge in [-0.15, -0.1) is 5.56 Å². The topological polar surface area (TPSA) is 9.23 Å². The summed E-state index contributed by atoms with van der Waals surface area (Å²) in [7, 11) is 0. The smallest absolute Gasteiger partial charge is 0.356 e. The average molecular weight is 416 g/mol. The van der Waals surface area contributed by atoms with E-state index in [4.69, 9.17) is 0 Å². The first-order valence-electron chi connectivity index (χ1n) is 5.85. The summed E-state index contributed by atoms with van der Waals surface area (Å²) in [6, 6.07) is 0.671. The summed E-state index contributed by atoms with van der Waals surface area (Å²) in [6.07, 6.45) is -24.1. The Labute approximate surface area is 159 Å². The first-order chi connectivity index (χ1) is 10.9. The van der Waals surface area contributed by atoms with Gasteiger partial charge in [0.2, 0.25) is 5.60 Å². The molecule has 0 aromatic heterocycles. The number of ether oxygens (including phenoxy) is 1. The molecular formula is C12H5F12NaO. The Bertz CT molecular complexity index is 584. The molecule has 144 valence electrons. The molecule has 0 fully saturated rings. The van der Waals surface area contributed by atoms with Crippen LogP contribution in [0, 0.1) is 6.07 Å². The van der Waals surface area contributed by atoms with Crippen molar-refractivity contribution in [3.8, 4) is 0 Å². The second kappa shape index (κ2) is 7.76. The SMILES string of the molecule is FC(F)(F)COC(c1c[c-]cc(C(F)(F)F)c1)(C(F)(F)F)C(F)(F)F.[Na+]. The van der Waals surface area contributed by atoms with Gasteiger partial charge < -0.3 is 4.74 Å². The van der Waals surface area contributed by atoms with Crippen LogP contribution in [-0.2, 0) is 16.5 Å². The fraction of sp³-hybridized carbons (Fsp3) is 0.500. The van der Waals surface area contributed by atoms with Crippen molar-refractivity contribution in [2.24, 2.45) is 0 Å². The molecule has 0 saturated carbocycles. The third-order valence-electron chi connectivity index (χ3n) is 2.77. The molecule has 0 heterocycles. The standard InChI is InChI=1S/C12H5F12O.Na/c13-8(14,15)5-25-9(11(19,20)21,12(22,23)24)6-2-1-3-7(4-6)10(16,17)18;/h2-4H,5H2;/q-1;+1. The quantitative estimate of drug-likeness (QED) is 0.418. The first kappa shape index (κ1) is 25.3. The fourth-order valence-electron chi connectivity index (χ4n) is 1.76. The summed E-state index contributed by atoms with van der Waals surface area (Å²) >= 11 is 0. The van der Waals surface area contributed by atoms with Crippen molar-refractivity contribution in [1.82, 2.24) is 0 Å². The van der Waals surface area contributed by atoms with Crippen LogP contribution in [0.15, 0.2) is 18.2 Å². The van der Waals surface area contributed by atoms with Crippen LogP contribution in [0.3, 0.4) is 0 Å². The summed E-state index contributed by atoms with van der Waals surface area (Å²) in [4.78, 5) is 0. The Balaban J connectivity index is 0.00000625. The Hall–Kier alpha value is -0.660. The number of benzene rings is 1. The van der Waals surface area contributed by atoms with E-state index in [0.29, 0.717) is 0 Å². The third kappa shape index (κ3) is 5.42. The van der Waals surface area contributed by atoms with Crippen molar-refractivity contribution < 1.29 is 87.0 Å². The van der Waals surface area contributed by atoms with E-state index in [1.165, 1.54) is 6.07 Å². The molecule has 0 amide bonds. The zero-order chi connectivity index (χ0) is 19.9. The molecule has 1 nitrogen and oxygen atoms in total. The predicted octanol–water partition coefficient (Wildman–Crippen LogP) is 2.41. The molecule has 26 heavy (non-hydrogen) atoms. The number of hydrogen-bond acceptors (Lipinski definition) is 1. The Morgan fingerprint density at radius 3 is 1.50 bits per heavy atom. The number of rotatable bonds is 3. The maximum absolute atomic E-state index is 13.1. The minimum absolute atomic E-state index is 0. The summed E-state index contributed by atoms with van der Waals surface area (Å²) < 4.78 is 155. The van der Waals surface area contributed by atoms with Crippen LogP contribution in [0.4, 0.5) is 52.7 Å². The number of halogens is 12. The molecule has 1 rings (SSSR count). The Kier molecular flexibility index (Phi) is 7.56. The first-order valence-corrected chi connectivity index (χ1v) is 5.85. The fourth-order valence-corrected chi connectivity index (χ4v) is 1.76. The molecule has 0 bridgehead atoms. The van der Waals surface area contributed by atoms with Crippen molar-refractivity contribution in [1.29, 1.82) is 0 Å². The largest absolute Gasteiger partial charge is 1.00 e. The van der Waals surface area contributed by atoms with E-state index in [9.17, 15) is 52.7 Å². The molecule has 1 aromatic carbocycles. The van der Waals surface area contributed by atoms with Gasteiger partial charge in [0, 0.05) is 0 Å². The molecule has 0 aliphatic carbocycles. The molecule has 1 aromatic rings. The second-order valence-electron chi connectivity index (χ2n) is 4.59. The molecule has 0 aliphatic rings. The van der Waals surface area contributed by atoms with E-state index in [1.54, 1.807) is 0 Å². The van der Waals surface area contributed by atoms with E-state index in [0.717, 1.165) is 0 Å². The molecule has 0 aliphatic heterocycles.